The zero-order chi connectivity index (χ0) is 20.6. The van der Waals surface area contributed by atoms with Crippen molar-refractivity contribution in [2.24, 2.45) is 0 Å². The topological polar surface area (TPSA) is 68.5 Å². The number of aromatic nitrogens is 1. The molecule has 0 radical (unpaired) electrons. The number of aliphatic hydroxyl groups is 1. The minimum absolute atomic E-state index is 0.160. The van der Waals surface area contributed by atoms with E-state index in [0.717, 1.165) is 5.39 Å². The Morgan fingerprint density at radius 2 is 1.52 bits per heavy atom. The van der Waals surface area contributed by atoms with Gasteiger partial charge >= 0.3 is 0 Å². The molecule has 0 aliphatic heterocycles. The molecule has 0 saturated heterocycles. The van der Waals surface area contributed by atoms with Gasteiger partial charge < -0.3 is 9.84 Å². The van der Waals surface area contributed by atoms with Gasteiger partial charge in [-0.1, -0.05) is 48.5 Å². The first-order chi connectivity index (χ1) is 13.9. The number of nitrogens with zero attached hydrogens (tertiary/aromatic N) is 1. The van der Waals surface area contributed by atoms with Gasteiger partial charge in [0.25, 0.3) is 10.0 Å². The molecule has 0 amide bonds. The van der Waals surface area contributed by atoms with Crippen molar-refractivity contribution in [2.75, 3.05) is 7.11 Å². The lowest BCUT2D eigenvalue weighted by molar-refractivity contribution is 0.0968. The minimum atomic E-state index is -3.92. The van der Waals surface area contributed by atoms with E-state index in [4.69, 9.17) is 4.74 Å². The Morgan fingerprint density at radius 1 is 0.897 bits per heavy atom. The Hall–Kier alpha value is -3.09. The molecular weight excluding hydrogens is 386 g/mol. The van der Waals surface area contributed by atoms with Crippen LogP contribution in [0.5, 0.6) is 5.75 Å². The zero-order valence-electron chi connectivity index (χ0n) is 16.1. The fourth-order valence-electron chi connectivity index (χ4n) is 3.49. The summed E-state index contributed by atoms with van der Waals surface area (Å²) in [4.78, 5) is 0.160. The standard InChI is InChI=1S/C23H21NO4S/c1-23(25,18-12-14-19(28-2)15-13-18)22-16-17-8-6-7-11-21(17)24(22)29(26,27)20-9-4-3-5-10-20/h3-16,25H,1-2H3/t23-/m1/s1. The second-order valence-electron chi connectivity index (χ2n) is 6.97. The molecule has 0 aliphatic rings. The third-order valence-electron chi connectivity index (χ3n) is 5.10. The summed E-state index contributed by atoms with van der Waals surface area (Å²) in [6.07, 6.45) is 0. The van der Waals surface area contributed by atoms with Gasteiger partial charge in [-0.05, 0) is 48.9 Å². The van der Waals surface area contributed by atoms with E-state index in [2.05, 4.69) is 0 Å². The lowest BCUT2D eigenvalue weighted by Gasteiger charge is -2.26. The number of methoxy groups -OCH3 is 1. The number of benzene rings is 3. The molecule has 1 aromatic heterocycles. The summed E-state index contributed by atoms with van der Waals surface area (Å²) >= 11 is 0. The summed E-state index contributed by atoms with van der Waals surface area (Å²) in [5.74, 6) is 0.655. The number of fused-ring (bicyclic) bond motifs is 1. The van der Waals surface area contributed by atoms with Gasteiger partial charge in [0, 0.05) is 5.39 Å². The fourth-order valence-corrected chi connectivity index (χ4v) is 5.12. The molecule has 4 rings (SSSR count). The highest BCUT2D eigenvalue weighted by molar-refractivity contribution is 7.90. The molecule has 0 unspecified atom stereocenters. The van der Waals surface area contributed by atoms with Crippen molar-refractivity contribution in [3.8, 4) is 5.75 Å². The van der Waals surface area contributed by atoms with Crippen LogP contribution in [0.15, 0.2) is 89.8 Å². The van der Waals surface area contributed by atoms with Crippen LogP contribution >= 0.6 is 0 Å². The predicted molar refractivity (Wildman–Crippen MR) is 113 cm³/mol. The molecule has 148 valence electrons. The van der Waals surface area contributed by atoms with E-state index in [1.165, 1.54) is 3.97 Å². The average molecular weight is 407 g/mol. The van der Waals surface area contributed by atoms with Gasteiger partial charge in [-0.25, -0.2) is 12.4 Å². The summed E-state index contributed by atoms with van der Waals surface area (Å²) in [5.41, 5.74) is -0.203. The molecule has 0 bridgehead atoms. The van der Waals surface area contributed by atoms with Gasteiger partial charge in [0.05, 0.1) is 23.2 Å². The maximum absolute atomic E-state index is 13.5. The van der Waals surface area contributed by atoms with Crippen LogP contribution in [0.4, 0.5) is 0 Å². The van der Waals surface area contributed by atoms with Gasteiger partial charge in [-0.15, -0.1) is 0 Å². The van der Waals surface area contributed by atoms with E-state index < -0.39 is 15.6 Å². The molecule has 1 heterocycles. The van der Waals surface area contributed by atoms with Crippen LogP contribution in [0, 0.1) is 0 Å². The van der Waals surface area contributed by atoms with Crippen molar-refractivity contribution < 1.29 is 18.3 Å². The number of hydrogen-bond donors (Lipinski definition) is 1. The highest BCUT2D eigenvalue weighted by Gasteiger charge is 2.34. The summed E-state index contributed by atoms with van der Waals surface area (Å²) in [6.45, 7) is 1.60. The molecule has 0 aliphatic carbocycles. The molecule has 1 N–H and O–H groups in total. The normalized spacial score (nSPS) is 13.9. The largest absolute Gasteiger partial charge is 0.497 e. The molecular formula is C23H21NO4S. The Bertz CT molecular complexity index is 1260. The summed E-state index contributed by atoms with van der Waals surface area (Å²) in [7, 11) is -2.36. The number of para-hydroxylation sites is 1. The average Bonchev–Trinajstić information content (AvgIpc) is 3.16. The quantitative estimate of drug-likeness (QED) is 0.540. The molecule has 3 aromatic carbocycles. The molecule has 4 aromatic rings. The minimum Gasteiger partial charge on any atom is -0.497 e. The molecule has 0 spiro atoms. The second kappa shape index (κ2) is 7.06. The third-order valence-corrected chi connectivity index (χ3v) is 6.84. The Balaban J connectivity index is 1.99. The van der Waals surface area contributed by atoms with E-state index in [1.54, 1.807) is 86.8 Å². The first kappa shape index (κ1) is 19.2. The Kier molecular flexibility index (Phi) is 4.68. The maximum atomic E-state index is 13.5. The lowest BCUT2D eigenvalue weighted by atomic mass is 9.92. The van der Waals surface area contributed by atoms with Crippen molar-refractivity contribution in [1.82, 2.24) is 3.97 Å². The third kappa shape index (κ3) is 3.20. The van der Waals surface area contributed by atoms with Crippen molar-refractivity contribution in [1.29, 1.82) is 0 Å². The molecule has 6 heteroatoms. The van der Waals surface area contributed by atoms with E-state index >= 15 is 0 Å². The van der Waals surface area contributed by atoms with E-state index in [1.807, 2.05) is 12.1 Å². The van der Waals surface area contributed by atoms with Crippen LogP contribution in [-0.4, -0.2) is 24.6 Å². The second-order valence-corrected chi connectivity index (χ2v) is 8.76. The first-order valence-corrected chi connectivity index (χ1v) is 10.6. The molecule has 5 nitrogen and oxygen atoms in total. The lowest BCUT2D eigenvalue weighted by Crippen LogP contribution is -2.29. The highest BCUT2D eigenvalue weighted by Crippen LogP contribution is 2.36. The maximum Gasteiger partial charge on any atom is 0.268 e. The summed E-state index contributed by atoms with van der Waals surface area (Å²) < 4.78 is 33.5. The smallest absolute Gasteiger partial charge is 0.268 e. The highest BCUT2D eigenvalue weighted by atomic mass is 32.2. The first-order valence-electron chi connectivity index (χ1n) is 9.14. The SMILES string of the molecule is COc1ccc([C@@](C)(O)c2cc3ccccc3n2S(=O)(=O)c2ccccc2)cc1. The van der Waals surface area contributed by atoms with Crippen LogP contribution in [0.3, 0.4) is 0 Å². The number of rotatable bonds is 5. The Morgan fingerprint density at radius 3 is 2.17 bits per heavy atom. The Labute approximate surface area is 169 Å². The van der Waals surface area contributed by atoms with Crippen LogP contribution in [-0.2, 0) is 15.6 Å². The number of ether oxygens (including phenoxy) is 1. The van der Waals surface area contributed by atoms with Gasteiger partial charge in [-0.3, -0.25) is 0 Å². The molecule has 0 saturated carbocycles. The predicted octanol–water partition coefficient (Wildman–Crippen LogP) is 4.14. The van der Waals surface area contributed by atoms with Gasteiger partial charge in [0.1, 0.15) is 11.4 Å². The van der Waals surface area contributed by atoms with Crippen LogP contribution < -0.4 is 4.74 Å². The van der Waals surface area contributed by atoms with Crippen LogP contribution in [0.1, 0.15) is 18.2 Å². The monoisotopic (exact) mass is 407 g/mol. The summed E-state index contributed by atoms with van der Waals surface area (Å²) in [5, 5.41) is 12.2. The molecule has 0 fully saturated rings. The van der Waals surface area contributed by atoms with Crippen LogP contribution in [0.2, 0.25) is 0 Å². The van der Waals surface area contributed by atoms with Crippen molar-refractivity contribution >= 4 is 20.9 Å². The van der Waals surface area contributed by atoms with Crippen molar-refractivity contribution in [3.63, 3.8) is 0 Å². The van der Waals surface area contributed by atoms with Gasteiger partial charge in [0.15, 0.2) is 0 Å². The van der Waals surface area contributed by atoms with E-state index in [-0.39, 0.29) is 10.6 Å². The number of hydrogen-bond acceptors (Lipinski definition) is 4. The van der Waals surface area contributed by atoms with Crippen LogP contribution in [0.25, 0.3) is 10.9 Å². The van der Waals surface area contributed by atoms with Crippen molar-refractivity contribution in [3.05, 3.63) is 96.2 Å². The summed E-state index contributed by atoms with van der Waals surface area (Å²) in [6, 6.07) is 24.1. The van der Waals surface area contributed by atoms with E-state index in [0.29, 0.717) is 16.8 Å². The fraction of sp³-hybridized carbons (Fsp3) is 0.130. The van der Waals surface area contributed by atoms with Gasteiger partial charge in [-0.2, -0.15) is 0 Å². The molecule has 29 heavy (non-hydrogen) atoms. The molecule has 1 atom stereocenters. The van der Waals surface area contributed by atoms with Gasteiger partial charge in [0.2, 0.25) is 0 Å². The van der Waals surface area contributed by atoms with E-state index in [9.17, 15) is 13.5 Å². The zero-order valence-corrected chi connectivity index (χ0v) is 16.9. The van der Waals surface area contributed by atoms with Crippen molar-refractivity contribution in [2.45, 2.75) is 17.4 Å².